The van der Waals surface area contributed by atoms with Gasteiger partial charge in [0.05, 0.1) is 6.61 Å². The van der Waals surface area contributed by atoms with Gasteiger partial charge in [-0.25, -0.2) is 10.2 Å². The highest BCUT2D eigenvalue weighted by Crippen LogP contribution is 2.33. The normalized spacial score (nSPS) is 12.7. The van der Waals surface area contributed by atoms with E-state index < -0.39 is 5.23 Å². The maximum atomic E-state index is 11.5. The Bertz CT molecular complexity index is 839. The summed E-state index contributed by atoms with van der Waals surface area (Å²) in [5.41, 5.74) is 0.427. The van der Waals surface area contributed by atoms with E-state index in [0.717, 1.165) is 10.8 Å². The van der Waals surface area contributed by atoms with Gasteiger partial charge >= 0.3 is 0 Å². The Morgan fingerprint density at radius 1 is 1.18 bits per heavy atom. The molecule has 0 aliphatic heterocycles. The number of rotatable bonds is 4. The quantitative estimate of drug-likeness (QED) is 0.435. The summed E-state index contributed by atoms with van der Waals surface area (Å²) in [6.07, 6.45) is 0. The summed E-state index contributed by atoms with van der Waals surface area (Å²) in [7, 11) is 0. The fourth-order valence-corrected chi connectivity index (χ4v) is 2.71. The molecule has 0 saturated carbocycles. The van der Waals surface area contributed by atoms with E-state index in [-0.39, 0.29) is 12.3 Å². The molecule has 0 aliphatic carbocycles. The number of aromatic nitrogens is 1. The molecule has 0 spiro atoms. The number of halogens is 1. The zero-order valence-corrected chi connectivity index (χ0v) is 12.3. The maximum Gasteiger partial charge on any atom is 0.191 e. The number of aliphatic hydroxyl groups excluding tert-OH is 1. The second-order valence-electron chi connectivity index (χ2n) is 4.81. The van der Waals surface area contributed by atoms with Gasteiger partial charge in [-0.3, -0.25) is 0 Å². The predicted molar refractivity (Wildman–Crippen MR) is 85.6 cm³/mol. The zero-order chi connectivity index (χ0) is 15.7. The van der Waals surface area contributed by atoms with Crippen molar-refractivity contribution in [2.24, 2.45) is 0 Å². The van der Waals surface area contributed by atoms with Crippen LogP contribution in [0.3, 0.4) is 0 Å². The minimum Gasteiger partial charge on any atom is -0.595 e. The Morgan fingerprint density at radius 2 is 1.91 bits per heavy atom. The summed E-state index contributed by atoms with van der Waals surface area (Å²) >= 11 is 6.05. The van der Waals surface area contributed by atoms with Gasteiger partial charge in [0.25, 0.3) is 0 Å². The standard InChI is InChI=1S/C15H14ClN3O3/c16-9-7-12-10-3-1-2-4-11(10)15(17-5-6-20)18-14(12)13(8-9)19(21)22/h1-4,7-8,19-21H,5-6H2,(H,17,18). The van der Waals surface area contributed by atoms with Crippen molar-refractivity contribution in [3.05, 3.63) is 46.6 Å². The number of nitrogens with one attached hydrogen (secondary N) is 2. The van der Waals surface area contributed by atoms with E-state index in [1.54, 1.807) is 6.07 Å². The van der Waals surface area contributed by atoms with Gasteiger partial charge in [0.2, 0.25) is 0 Å². The number of hydrogen-bond donors (Lipinski definition) is 4. The molecule has 1 heterocycles. The smallest absolute Gasteiger partial charge is 0.191 e. The molecule has 22 heavy (non-hydrogen) atoms. The van der Waals surface area contributed by atoms with Crippen molar-refractivity contribution in [2.45, 2.75) is 0 Å². The molecule has 7 heteroatoms. The highest BCUT2D eigenvalue weighted by Gasteiger charge is 2.16. The van der Waals surface area contributed by atoms with Gasteiger partial charge in [0.1, 0.15) is 11.3 Å². The second-order valence-corrected chi connectivity index (χ2v) is 5.25. The number of fused-ring (bicyclic) bond motifs is 3. The molecule has 3 rings (SSSR count). The topological polar surface area (TPSA) is 92.9 Å². The zero-order valence-electron chi connectivity index (χ0n) is 11.5. The molecule has 1 unspecified atom stereocenters. The fourth-order valence-electron chi connectivity index (χ4n) is 2.49. The second kappa shape index (κ2) is 6.04. The van der Waals surface area contributed by atoms with Gasteiger partial charge in [-0.2, -0.15) is 5.23 Å². The summed E-state index contributed by atoms with van der Waals surface area (Å²) < 4.78 is 0. The molecule has 0 amide bonds. The molecule has 4 N–H and O–H groups in total. The van der Waals surface area contributed by atoms with Crippen molar-refractivity contribution in [1.82, 2.24) is 4.98 Å². The van der Waals surface area contributed by atoms with Crippen molar-refractivity contribution in [3.63, 3.8) is 0 Å². The summed E-state index contributed by atoms with van der Waals surface area (Å²) in [5.74, 6) is 0.543. The van der Waals surface area contributed by atoms with Gasteiger partial charge in [0.15, 0.2) is 5.69 Å². The average Bonchev–Trinajstić information content (AvgIpc) is 2.52. The minimum atomic E-state index is -1.08. The number of anilines is 1. The highest BCUT2D eigenvalue weighted by atomic mass is 35.5. The molecule has 1 atom stereocenters. The van der Waals surface area contributed by atoms with E-state index >= 15 is 0 Å². The third-order valence-corrected chi connectivity index (χ3v) is 3.62. The SMILES string of the molecule is [O-][NH+](O)c1cc(Cl)cc2c1nc(NCCO)c1ccccc12. The summed E-state index contributed by atoms with van der Waals surface area (Å²) in [6, 6.07) is 10.6. The van der Waals surface area contributed by atoms with Crippen LogP contribution in [-0.2, 0) is 0 Å². The van der Waals surface area contributed by atoms with E-state index in [9.17, 15) is 10.4 Å². The highest BCUT2D eigenvalue weighted by molar-refractivity contribution is 6.32. The maximum absolute atomic E-state index is 11.5. The summed E-state index contributed by atoms with van der Waals surface area (Å²) in [5, 5.41) is 34.5. The molecule has 3 aromatic rings. The average molecular weight is 320 g/mol. The third-order valence-electron chi connectivity index (χ3n) is 3.41. The van der Waals surface area contributed by atoms with Crippen molar-refractivity contribution in [1.29, 1.82) is 0 Å². The van der Waals surface area contributed by atoms with Crippen LogP contribution in [0.5, 0.6) is 0 Å². The number of quaternary nitrogens is 1. The molecule has 114 valence electrons. The Morgan fingerprint density at radius 3 is 2.59 bits per heavy atom. The van der Waals surface area contributed by atoms with Gasteiger partial charge in [-0.15, -0.1) is 0 Å². The van der Waals surface area contributed by atoms with Crippen LogP contribution in [0.4, 0.5) is 11.5 Å². The van der Waals surface area contributed by atoms with Crippen LogP contribution in [0.15, 0.2) is 36.4 Å². The molecule has 0 saturated heterocycles. The van der Waals surface area contributed by atoms with Gasteiger partial charge in [0, 0.05) is 28.4 Å². The van der Waals surface area contributed by atoms with Crippen molar-refractivity contribution in [2.75, 3.05) is 18.5 Å². The fraction of sp³-hybridized carbons (Fsp3) is 0.133. The molecule has 1 aromatic heterocycles. The Kier molecular flexibility index (Phi) is 4.10. The molecule has 2 aromatic carbocycles. The number of benzene rings is 2. The summed E-state index contributed by atoms with van der Waals surface area (Å²) in [4.78, 5) is 4.44. The Balaban J connectivity index is 2.40. The Labute approximate surface area is 131 Å². The first-order valence-electron chi connectivity index (χ1n) is 6.72. The number of pyridine rings is 1. The van der Waals surface area contributed by atoms with Gasteiger partial charge in [-0.1, -0.05) is 35.9 Å². The van der Waals surface area contributed by atoms with E-state index in [1.807, 2.05) is 24.3 Å². The van der Waals surface area contributed by atoms with Crippen LogP contribution in [0.25, 0.3) is 21.7 Å². The van der Waals surface area contributed by atoms with Crippen LogP contribution in [0.1, 0.15) is 0 Å². The molecule has 0 aliphatic rings. The molecule has 6 nitrogen and oxygen atoms in total. The van der Waals surface area contributed by atoms with Gasteiger partial charge in [-0.05, 0) is 11.5 Å². The largest absolute Gasteiger partial charge is 0.595 e. The van der Waals surface area contributed by atoms with Crippen LogP contribution in [0.2, 0.25) is 5.02 Å². The first-order chi connectivity index (χ1) is 10.6. The third kappa shape index (κ3) is 2.58. The van der Waals surface area contributed by atoms with Crippen LogP contribution < -0.4 is 10.5 Å². The lowest BCUT2D eigenvalue weighted by Crippen LogP contribution is -2.99. The monoisotopic (exact) mass is 319 g/mol. The molecule has 0 bridgehead atoms. The lowest BCUT2D eigenvalue weighted by Gasteiger charge is -2.16. The number of hydrogen-bond acceptors (Lipinski definition) is 5. The number of nitrogens with zero attached hydrogens (tertiary/aromatic N) is 1. The van der Waals surface area contributed by atoms with Crippen molar-refractivity contribution >= 4 is 44.8 Å². The van der Waals surface area contributed by atoms with E-state index in [1.165, 1.54) is 6.07 Å². The van der Waals surface area contributed by atoms with E-state index in [2.05, 4.69) is 10.3 Å². The first-order valence-corrected chi connectivity index (χ1v) is 7.09. The summed E-state index contributed by atoms with van der Waals surface area (Å²) in [6.45, 7) is 0.291. The van der Waals surface area contributed by atoms with E-state index in [4.69, 9.17) is 16.7 Å². The minimum absolute atomic E-state index is 0.0412. The number of aliphatic hydroxyl groups is 1. The van der Waals surface area contributed by atoms with E-state index in [0.29, 0.717) is 28.3 Å². The lowest BCUT2D eigenvalue weighted by atomic mass is 10.0. The molecule has 0 radical (unpaired) electrons. The van der Waals surface area contributed by atoms with Crippen molar-refractivity contribution < 1.29 is 15.5 Å². The van der Waals surface area contributed by atoms with Crippen LogP contribution in [0, 0.1) is 5.21 Å². The first kappa shape index (κ1) is 15.0. The molecular weight excluding hydrogens is 306 g/mol. The predicted octanol–water partition coefficient (Wildman–Crippen LogP) is 1.85. The molecule has 0 fully saturated rings. The van der Waals surface area contributed by atoms with Gasteiger partial charge < -0.3 is 15.6 Å². The van der Waals surface area contributed by atoms with Crippen molar-refractivity contribution in [3.8, 4) is 0 Å². The van der Waals surface area contributed by atoms with Crippen LogP contribution >= 0.6 is 11.6 Å². The molecular formula is C15H14ClN3O3. The lowest BCUT2D eigenvalue weighted by molar-refractivity contribution is -0.990. The van der Waals surface area contributed by atoms with Crippen LogP contribution in [-0.4, -0.2) is 28.4 Å². The Hall–Kier alpha value is -1.96.